The molecule has 1 aliphatic heterocycles. The molecular weight excluding hydrogens is 236 g/mol. The van der Waals surface area contributed by atoms with Crippen molar-refractivity contribution in [3.8, 4) is 0 Å². The van der Waals surface area contributed by atoms with Gasteiger partial charge in [-0.1, -0.05) is 24.3 Å². The van der Waals surface area contributed by atoms with Crippen molar-refractivity contribution in [1.29, 1.82) is 0 Å². The zero-order valence-electron chi connectivity index (χ0n) is 11.8. The van der Waals surface area contributed by atoms with Gasteiger partial charge in [-0.2, -0.15) is 0 Å². The molecule has 0 radical (unpaired) electrons. The van der Waals surface area contributed by atoms with Crippen LogP contribution in [-0.2, 0) is 11.2 Å². The van der Waals surface area contributed by atoms with Gasteiger partial charge in [0.25, 0.3) is 0 Å². The Hall–Kier alpha value is -1.35. The van der Waals surface area contributed by atoms with E-state index in [-0.39, 0.29) is 11.9 Å². The lowest BCUT2D eigenvalue weighted by atomic mass is 10.0. The molecular formula is C16H22N2O. The molecule has 1 aromatic rings. The standard InChI is InChI=1S/C16H22N2O/c1-12(19)17(2)16-14-8-4-3-7-13(14)11-15(16)18-9-5-6-10-18/h3-4,7-8,15-16H,5-6,9-11H2,1-2H3/t15-,16-/m1/s1. The van der Waals surface area contributed by atoms with Crippen LogP contribution in [0.1, 0.15) is 36.9 Å². The van der Waals surface area contributed by atoms with Crippen LogP contribution >= 0.6 is 0 Å². The van der Waals surface area contributed by atoms with Crippen LogP contribution in [0.4, 0.5) is 0 Å². The first-order valence-electron chi connectivity index (χ1n) is 7.23. The highest BCUT2D eigenvalue weighted by atomic mass is 16.2. The number of carbonyl (C=O) groups is 1. The van der Waals surface area contributed by atoms with Gasteiger partial charge in [-0.15, -0.1) is 0 Å². The third-order valence-electron chi connectivity index (χ3n) is 4.69. The average Bonchev–Trinajstić information content (AvgIpc) is 3.04. The van der Waals surface area contributed by atoms with Gasteiger partial charge in [-0.05, 0) is 43.5 Å². The summed E-state index contributed by atoms with van der Waals surface area (Å²) in [6, 6.07) is 9.30. The quantitative estimate of drug-likeness (QED) is 0.812. The molecule has 1 aromatic carbocycles. The van der Waals surface area contributed by atoms with E-state index in [0.717, 1.165) is 6.42 Å². The third-order valence-corrected chi connectivity index (χ3v) is 4.69. The van der Waals surface area contributed by atoms with Crippen LogP contribution in [0.5, 0.6) is 0 Å². The topological polar surface area (TPSA) is 23.6 Å². The molecule has 0 saturated carbocycles. The molecule has 2 aliphatic rings. The first kappa shape index (κ1) is 12.7. The van der Waals surface area contributed by atoms with Gasteiger partial charge in [-0.25, -0.2) is 0 Å². The van der Waals surface area contributed by atoms with E-state index in [4.69, 9.17) is 0 Å². The van der Waals surface area contributed by atoms with Gasteiger partial charge in [0.2, 0.25) is 5.91 Å². The Morgan fingerprint density at radius 1 is 1.26 bits per heavy atom. The Morgan fingerprint density at radius 2 is 1.95 bits per heavy atom. The Balaban J connectivity index is 1.95. The minimum Gasteiger partial charge on any atom is -0.337 e. The van der Waals surface area contributed by atoms with E-state index in [1.807, 2.05) is 11.9 Å². The molecule has 0 N–H and O–H groups in total. The summed E-state index contributed by atoms with van der Waals surface area (Å²) < 4.78 is 0. The minimum atomic E-state index is 0.158. The van der Waals surface area contributed by atoms with E-state index in [1.54, 1.807) is 6.92 Å². The van der Waals surface area contributed by atoms with E-state index in [0.29, 0.717) is 6.04 Å². The maximum atomic E-state index is 11.8. The van der Waals surface area contributed by atoms with Gasteiger partial charge >= 0.3 is 0 Å². The van der Waals surface area contributed by atoms with E-state index in [2.05, 4.69) is 29.2 Å². The van der Waals surface area contributed by atoms with Crippen molar-refractivity contribution in [3.63, 3.8) is 0 Å². The van der Waals surface area contributed by atoms with E-state index >= 15 is 0 Å². The summed E-state index contributed by atoms with van der Waals surface area (Å²) in [5.41, 5.74) is 2.76. The SMILES string of the molecule is CC(=O)N(C)[C@@H]1c2ccccc2C[C@H]1N1CCCC1. The highest BCUT2D eigenvalue weighted by Crippen LogP contribution is 2.39. The summed E-state index contributed by atoms with van der Waals surface area (Å²) >= 11 is 0. The number of rotatable bonds is 2. The Morgan fingerprint density at radius 3 is 2.63 bits per heavy atom. The summed E-state index contributed by atoms with van der Waals surface area (Å²) in [7, 11) is 1.94. The maximum absolute atomic E-state index is 11.8. The van der Waals surface area contributed by atoms with Crippen molar-refractivity contribution in [2.45, 2.75) is 38.3 Å². The minimum absolute atomic E-state index is 0.158. The summed E-state index contributed by atoms with van der Waals surface area (Å²) in [5, 5.41) is 0. The highest BCUT2D eigenvalue weighted by molar-refractivity contribution is 5.74. The van der Waals surface area contributed by atoms with Gasteiger partial charge < -0.3 is 4.90 Å². The number of hydrogen-bond acceptors (Lipinski definition) is 2. The fraction of sp³-hybridized carbons (Fsp3) is 0.562. The second-order valence-corrected chi connectivity index (χ2v) is 5.79. The summed E-state index contributed by atoms with van der Waals surface area (Å²) in [6.07, 6.45) is 3.67. The molecule has 2 atom stereocenters. The van der Waals surface area contributed by atoms with Crippen LogP contribution in [0, 0.1) is 0 Å². The second kappa shape index (κ2) is 4.97. The number of likely N-dealkylation sites (tertiary alicyclic amines) is 1. The molecule has 1 aliphatic carbocycles. The smallest absolute Gasteiger partial charge is 0.219 e. The van der Waals surface area contributed by atoms with E-state index < -0.39 is 0 Å². The number of likely N-dealkylation sites (N-methyl/N-ethyl adjacent to an activating group) is 1. The van der Waals surface area contributed by atoms with E-state index in [9.17, 15) is 4.79 Å². The predicted molar refractivity (Wildman–Crippen MR) is 75.9 cm³/mol. The first-order valence-corrected chi connectivity index (χ1v) is 7.23. The predicted octanol–water partition coefficient (Wildman–Crippen LogP) is 2.23. The molecule has 102 valence electrons. The largest absolute Gasteiger partial charge is 0.337 e. The van der Waals surface area contributed by atoms with Crippen LogP contribution in [0.3, 0.4) is 0 Å². The molecule has 0 spiro atoms. The number of amides is 1. The molecule has 3 nitrogen and oxygen atoms in total. The monoisotopic (exact) mass is 258 g/mol. The number of nitrogens with zero attached hydrogens (tertiary/aromatic N) is 2. The normalized spacial score (nSPS) is 26.4. The molecule has 1 heterocycles. The molecule has 3 heteroatoms. The van der Waals surface area contributed by atoms with Gasteiger partial charge in [0.1, 0.15) is 0 Å². The number of hydrogen-bond donors (Lipinski definition) is 0. The first-order chi connectivity index (χ1) is 9.18. The van der Waals surface area contributed by atoms with Crippen LogP contribution in [0.25, 0.3) is 0 Å². The third kappa shape index (κ3) is 2.16. The van der Waals surface area contributed by atoms with Crippen LogP contribution in [-0.4, -0.2) is 41.9 Å². The molecule has 0 unspecified atom stereocenters. The zero-order valence-corrected chi connectivity index (χ0v) is 11.8. The van der Waals surface area contributed by atoms with Gasteiger partial charge in [0, 0.05) is 20.0 Å². The van der Waals surface area contributed by atoms with Crippen LogP contribution < -0.4 is 0 Å². The fourth-order valence-electron chi connectivity index (χ4n) is 3.62. The van der Waals surface area contributed by atoms with Gasteiger partial charge in [-0.3, -0.25) is 9.69 Å². The zero-order chi connectivity index (χ0) is 13.4. The number of carbonyl (C=O) groups excluding carboxylic acids is 1. The average molecular weight is 258 g/mol. The molecule has 0 bridgehead atoms. The fourth-order valence-corrected chi connectivity index (χ4v) is 3.62. The number of fused-ring (bicyclic) bond motifs is 1. The molecule has 3 rings (SSSR count). The molecule has 1 fully saturated rings. The van der Waals surface area contributed by atoms with Crippen molar-refractivity contribution >= 4 is 5.91 Å². The second-order valence-electron chi connectivity index (χ2n) is 5.79. The Kier molecular flexibility index (Phi) is 3.31. The van der Waals surface area contributed by atoms with Crippen molar-refractivity contribution < 1.29 is 4.79 Å². The maximum Gasteiger partial charge on any atom is 0.219 e. The molecule has 1 saturated heterocycles. The van der Waals surface area contributed by atoms with Gasteiger partial charge in [0.15, 0.2) is 0 Å². The summed E-state index contributed by atoms with van der Waals surface area (Å²) in [5.74, 6) is 0.158. The lowest BCUT2D eigenvalue weighted by Crippen LogP contribution is -2.43. The number of benzene rings is 1. The molecule has 0 aromatic heterocycles. The van der Waals surface area contributed by atoms with E-state index in [1.165, 1.54) is 37.1 Å². The Labute approximate surface area is 115 Å². The van der Waals surface area contributed by atoms with Crippen LogP contribution in [0.15, 0.2) is 24.3 Å². The lowest BCUT2D eigenvalue weighted by Gasteiger charge is -2.35. The Bertz CT molecular complexity index is 479. The molecule has 19 heavy (non-hydrogen) atoms. The van der Waals surface area contributed by atoms with Crippen molar-refractivity contribution in [1.82, 2.24) is 9.80 Å². The summed E-state index contributed by atoms with van der Waals surface area (Å²) in [4.78, 5) is 16.3. The van der Waals surface area contributed by atoms with Gasteiger partial charge in [0.05, 0.1) is 6.04 Å². The molecule has 1 amide bonds. The van der Waals surface area contributed by atoms with Crippen molar-refractivity contribution in [3.05, 3.63) is 35.4 Å². The van der Waals surface area contributed by atoms with Crippen molar-refractivity contribution in [2.75, 3.05) is 20.1 Å². The van der Waals surface area contributed by atoms with Crippen LogP contribution in [0.2, 0.25) is 0 Å². The van der Waals surface area contributed by atoms with Crippen molar-refractivity contribution in [2.24, 2.45) is 0 Å². The summed E-state index contributed by atoms with van der Waals surface area (Å²) in [6.45, 7) is 4.03. The highest BCUT2D eigenvalue weighted by Gasteiger charge is 2.39. The lowest BCUT2D eigenvalue weighted by molar-refractivity contribution is -0.130.